The molecule has 3 nitrogen and oxygen atoms in total. The smallest absolute Gasteiger partial charge is 0.161 e. The Morgan fingerprint density at radius 2 is 1.89 bits per heavy atom. The molecule has 0 aromatic heterocycles. The molecule has 1 aromatic carbocycles. The van der Waals surface area contributed by atoms with Gasteiger partial charge in [0.2, 0.25) is 0 Å². The van der Waals surface area contributed by atoms with Gasteiger partial charge < -0.3 is 4.90 Å². The molecular weight excluding hydrogens is 309 g/mol. The molecule has 1 aromatic rings. The predicted molar refractivity (Wildman–Crippen MR) is 77.7 cm³/mol. The van der Waals surface area contributed by atoms with Gasteiger partial charge in [0.25, 0.3) is 0 Å². The molecule has 1 aliphatic rings. The summed E-state index contributed by atoms with van der Waals surface area (Å²) in [6.07, 6.45) is 0. The van der Waals surface area contributed by atoms with E-state index in [1.807, 2.05) is 6.07 Å². The van der Waals surface area contributed by atoms with E-state index in [-0.39, 0.29) is 10.3 Å². The maximum Gasteiger partial charge on any atom is 0.161 e. The van der Waals surface area contributed by atoms with Crippen molar-refractivity contribution in [2.24, 2.45) is 0 Å². The fraction of sp³-hybridized carbons (Fsp3) is 0.500. The molecule has 0 spiro atoms. The third-order valence-corrected chi connectivity index (χ3v) is 4.66. The Labute approximate surface area is 121 Å². The third kappa shape index (κ3) is 2.60. The molecule has 1 aliphatic heterocycles. The van der Waals surface area contributed by atoms with E-state index in [0.717, 1.165) is 13.1 Å². The number of rotatable bonds is 1. The monoisotopic (exact) mass is 325 g/mol. The number of piperazine rings is 1. The van der Waals surface area contributed by atoms with Gasteiger partial charge in [-0.05, 0) is 49.0 Å². The summed E-state index contributed by atoms with van der Waals surface area (Å²) in [4.78, 5) is 4.35. The van der Waals surface area contributed by atoms with Crippen LogP contribution in [-0.4, -0.2) is 37.1 Å². The third-order valence-electron chi connectivity index (χ3n) is 3.88. The van der Waals surface area contributed by atoms with Crippen LogP contribution in [0.25, 0.3) is 0 Å². The highest BCUT2D eigenvalue weighted by Gasteiger charge is 2.28. The van der Waals surface area contributed by atoms with E-state index in [4.69, 9.17) is 5.26 Å². The first-order chi connectivity index (χ1) is 8.95. The topological polar surface area (TPSA) is 30.3 Å². The van der Waals surface area contributed by atoms with Crippen molar-refractivity contribution >= 4 is 21.6 Å². The van der Waals surface area contributed by atoms with Gasteiger partial charge in [0.05, 0.1) is 15.7 Å². The van der Waals surface area contributed by atoms with Crippen molar-refractivity contribution in [1.29, 1.82) is 5.26 Å². The molecule has 0 saturated carbocycles. The van der Waals surface area contributed by atoms with Crippen molar-refractivity contribution in [2.45, 2.75) is 25.9 Å². The molecule has 2 atom stereocenters. The molecule has 0 N–H and O–H groups in total. The minimum atomic E-state index is -0.344. The van der Waals surface area contributed by atoms with E-state index in [1.165, 1.54) is 0 Å². The SMILES string of the molecule is CC1CN(c2ccc(C#N)c(Br)c2F)CC(C)N1C. The summed E-state index contributed by atoms with van der Waals surface area (Å²) in [5.74, 6) is -0.344. The Kier molecular flexibility index (Phi) is 4.12. The van der Waals surface area contributed by atoms with Crippen molar-refractivity contribution in [3.05, 3.63) is 28.0 Å². The van der Waals surface area contributed by atoms with Gasteiger partial charge in [0, 0.05) is 25.2 Å². The maximum atomic E-state index is 14.3. The van der Waals surface area contributed by atoms with E-state index in [2.05, 4.69) is 46.6 Å². The van der Waals surface area contributed by atoms with Crippen LogP contribution in [0.1, 0.15) is 19.4 Å². The highest BCUT2D eigenvalue weighted by molar-refractivity contribution is 9.10. The number of nitrogens with zero attached hydrogens (tertiary/aromatic N) is 3. The van der Waals surface area contributed by atoms with Crippen LogP contribution in [0.5, 0.6) is 0 Å². The van der Waals surface area contributed by atoms with Gasteiger partial charge in [-0.1, -0.05) is 0 Å². The summed E-state index contributed by atoms with van der Waals surface area (Å²) in [7, 11) is 2.09. The van der Waals surface area contributed by atoms with Crippen molar-refractivity contribution in [3.63, 3.8) is 0 Å². The summed E-state index contributed by atoms with van der Waals surface area (Å²) in [6.45, 7) is 5.85. The van der Waals surface area contributed by atoms with Crippen LogP contribution in [0.4, 0.5) is 10.1 Å². The summed E-state index contributed by atoms with van der Waals surface area (Å²) < 4.78 is 14.6. The molecule has 2 unspecified atom stereocenters. The van der Waals surface area contributed by atoms with E-state index in [1.54, 1.807) is 12.1 Å². The van der Waals surface area contributed by atoms with Crippen LogP contribution >= 0.6 is 15.9 Å². The van der Waals surface area contributed by atoms with Crippen molar-refractivity contribution in [3.8, 4) is 6.07 Å². The molecule has 0 radical (unpaired) electrons. The predicted octanol–water partition coefficient (Wildman–Crippen LogP) is 2.99. The zero-order valence-corrected chi connectivity index (χ0v) is 12.9. The van der Waals surface area contributed by atoms with E-state index in [9.17, 15) is 4.39 Å². The van der Waals surface area contributed by atoms with Crippen LogP contribution in [0.2, 0.25) is 0 Å². The molecule has 1 saturated heterocycles. The first kappa shape index (κ1) is 14.3. The maximum absolute atomic E-state index is 14.3. The lowest BCUT2D eigenvalue weighted by Crippen LogP contribution is -2.55. The van der Waals surface area contributed by atoms with E-state index >= 15 is 0 Å². The first-order valence-electron chi connectivity index (χ1n) is 6.30. The van der Waals surface area contributed by atoms with Gasteiger partial charge in [-0.25, -0.2) is 4.39 Å². The summed E-state index contributed by atoms with van der Waals surface area (Å²) >= 11 is 3.17. The van der Waals surface area contributed by atoms with Gasteiger partial charge in [0.15, 0.2) is 5.82 Å². The molecule has 102 valence electrons. The standard InChI is InChI=1S/C14H17BrFN3/c1-9-7-19(8-10(2)18(9)3)12-5-4-11(6-17)13(15)14(12)16/h4-5,9-10H,7-8H2,1-3H3. The molecule has 2 rings (SSSR count). The lowest BCUT2D eigenvalue weighted by Gasteiger charge is -2.43. The molecule has 5 heteroatoms. The fourth-order valence-electron chi connectivity index (χ4n) is 2.47. The first-order valence-corrected chi connectivity index (χ1v) is 7.10. The second-order valence-corrected chi connectivity index (χ2v) is 5.93. The Hall–Kier alpha value is -1.12. The second kappa shape index (κ2) is 5.48. The molecule has 19 heavy (non-hydrogen) atoms. The van der Waals surface area contributed by atoms with Gasteiger partial charge in [0.1, 0.15) is 6.07 Å². The van der Waals surface area contributed by atoms with Crippen LogP contribution in [0.15, 0.2) is 16.6 Å². The normalized spacial score (nSPS) is 24.3. The average Bonchev–Trinajstić information content (AvgIpc) is 2.38. The largest absolute Gasteiger partial charge is 0.366 e. The minimum Gasteiger partial charge on any atom is -0.366 e. The molecule has 0 bridgehead atoms. The number of benzene rings is 1. The molecular formula is C14H17BrFN3. The molecule has 0 aliphatic carbocycles. The van der Waals surface area contributed by atoms with Gasteiger partial charge in [-0.2, -0.15) is 5.26 Å². The van der Waals surface area contributed by atoms with Crippen LogP contribution in [0, 0.1) is 17.1 Å². The van der Waals surface area contributed by atoms with Crippen molar-refractivity contribution in [2.75, 3.05) is 25.0 Å². The fourth-order valence-corrected chi connectivity index (χ4v) is 2.89. The minimum absolute atomic E-state index is 0.256. The molecule has 0 amide bonds. The van der Waals surface area contributed by atoms with Crippen LogP contribution < -0.4 is 4.90 Å². The Morgan fingerprint density at radius 1 is 1.32 bits per heavy atom. The second-order valence-electron chi connectivity index (χ2n) is 5.14. The molecule has 1 heterocycles. The lowest BCUT2D eigenvalue weighted by molar-refractivity contribution is 0.169. The Bertz CT molecular complexity index is 514. The van der Waals surface area contributed by atoms with Crippen molar-refractivity contribution < 1.29 is 4.39 Å². The number of halogens is 2. The van der Waals surface area contributed by atoms with Gasteiger partial charge >= 0.3 is 0 Å². The average molecular weight is 326 g/mol. The number of nitriles is 1. The van der Waals surface area contributed by atoms with Crippen molar-refractivity contribution in [1.82, 2.24) is 4.90 Å². The quantitative estimate of drug-likeness (QED) is 0.795. The highest BCUT2D eigenvalue weighted by atomic mass is 79.9. The number of anilines is 1. The number of hydrogen-bond donors (Lipinski definition) is 0. The van der Waals surface area contributed by atoms with E-state index < -0.39 is 0 Å². The zero-order valence-electron chi connectivity index (χ0n) is 11.3. The van der Waals surface area contributed by atoms with Crippen LogP contribution in [0.3, 0.4) is 0 Å². The summed E-state index contributed by atoms with van der Waals surface area (Å²) in [5, 5.41) is 8.90. The highest BCUT2D eigenvalue weighted by Crippen LogP contribution is 2.31. The Balaban J connectivity index is 2.33. The van der Waals surface area contributed by atoms with Crippen LogP contribution in [-0.2, 0) is 0 Å². The van der Waals surface area contributed by atoms with Gasteiger partial charge in [-0.3, -0.25) is 4.90 Å². The lowest BCUT2D eigenvalue weighted by atomic mass is 10.1. The van der Waals surface area contributed by atoms with Gasteiger partial charge in [-0.15, -0.1) is 0 Å². The number of likely N-dealkylation sites (N-methyl/N-ethyl adjacent to an activating group) is 1. The summed E-state index contributed by atoms with van der Waals surface area (Å²) in [6, 6.07) is 6.08. The van der Waals surface area contributed by atoms with E-state index in [0.29, 0.717) is 23.3 Å². The molecule has 1 fully saturated rings. The Morgan fingerprint density at radius 3 is 2.42 bits per heavy atom. The zero-order chi connectivity index (χ0) is 14.2. The number of hydrogen-bond acceptors (Lipinski definition) is 3. The summed E-state index contributed by atoms with van der Waals surface area (Å²) in [5.41, 5.74) is 0.897.